The maximum atomic E-state index is 4.51. The van der Waals surface area contributed by atoms with Crippen LogP contribution in [0, 0.1) is 6.07 Å². The summed E-state index contributed by atoms with van der Waals surface area (Å²) in [6.07, 6.45) is 1.83. The Labute approximate surface area is 107 Å². The summed E-state index contributed by atoms with van der Waals surface area (Å²) in [5, 5.41) is 0. The van der Waals surface area contributed by atoms with Crippen molar-refractivity contribution in [3.63, 3.8) is 0 Å². The summed E-state index contributed by atoms with van der Waals surface area (Å²) in [5.74, 6) is 0. The number of rotatable bonds is 2. The van der Waals surface area contributed by atoms with Gasteiger partial charge in [0.05, 0.1) is 5.69 Å². The largest absolute Gasteiger partial charge is 0.256 e. The molecule has 0 aliphatic carbocycles. The Morgan fingerprint density at radius 2 is 1.61 bits per heavy atom. The maximum absolute atomic E-state index is 4.51. The van der Waals surface area contributed by atoms with Gasteiger partial charge in [-0.15, -0.1) is 0 Å². The van der Waals surface area contributed by atoms with Crippen LogP contribution < -0.4 is 0 Å². The van der Waals surface area contributed by atoms with Crippen molar-refractivity contribution in [2.75, 3.05) is 0 Å². The second-order valence-corrected chi connectivity index (χ2v) is 4.06. The van der Waals surface area contributed by atoms with Gasteiger partial charge in [-0.2, -0.15) is 0 Å². The topological polar surface area (TPSA) is 12.9 Å². The molecule has 0 aliphatic heterocycles. The van der Waals surface area contributed by atoms with Gasteiger partial charge in [-0.3, -0.25) is 4.98 Å². The summed E-state index contributed by atoms with van der Waals surface area (Å²) in [5.41, 5.74) is 4.43. The van der Waals surface area contributed by atoms with Crippen LogP contribution >= 0.6 is 0 Å². The fraction of sp³-hybridized carbons (Fsp3) is 0. The van der Waals surface area contributed by atoms with Gasteiger partial charge < -0.3 is 0 Å². The van der Waals surface area contributed by atoms with Gasteiger partial charge in [-0.1, -0.05) is 54.6 Å². The monoisotopic (exact) mass is 230 g/mol. The van der Waals surface area contributed by atoms with Gasteiger partial charge in [0, 0.05) is 17.3 Å². The summed E-state index contributed by atoms with van der Waals surface area (Å²) in [7, 11) is 0. The first kappa shape index (κ1) is 10.7. The second kappa shape index (κ2) is 4.84. The van der Waals surface area contributed by atoms with Gasteiger partial charge in [0.25, 0.3) is 0 Å². The van der Waals surface area contributed by atoms with Gasteiger partial charge in [0.15, 0.2) is 0 Å². The summed E-state index contributed by atoms with van der Waals surface area (Å²) in [6.45, 7) is 0. The van der Waals surface area contributed by atoms with Crippen LogP contribution in [0.15, 0.2) is 72.9 Å². The zero-order valence-corrected chi connectivity index (χ0v) is 9.88. The average Bonchev–Trinajstić information content (AvgIpc) is 2.49. The Kier molecular flexibility index (Phi) is 2.89. The van der Waals surface area contributed by atoms with Crippen LogP contribution in [0.1, 0.15) is 0 Å². The second-order valence-electron chi connectivity index (χ2n) is 4.06. The molecule has 1 nitrogen and oxygen atoms in total. The highest BCUT2D eigenvalue weighted by molar-refractivity contribution is 5.80. The number of nitrogens with zero attached hydrogens (tertiary/aromatic N) is 1. The molecule has 0 fully saturated rings. The normalized spacial score (nSPS) is 10.2. The molecule has 0 spiro atoms. The molecule has 0 saturated heterocycles. The van der Waals surface area contributed by atoms with Crippen molar-refractivity contribution in [1.82, 2.24) is 4.98 Å². The summed E-state index contributed by atoms with van der Waals surface area (Å²) in [6, 6.07) is 25.4. The third-order valence-corrected chi connectivity index (χ3v) is 2.87. The Balaban J connectivity index is 2.18. The molecule has 0 N–H and O–H groups in total. The van der Waals surface area contributed by atoms with Crippen molar-refractivity contribution in [2.24, 2.45) is 0 Å². The Bertz CT molecular complexity index is 572. The number of hydrogen-bond donors (Lipinski definition) is 0. The van der Waals surface area contributed by atoms with Crippen molar-refractivity contribution in [3.05, 3.63) is 79.0 Å². The summed E-state index contributed by atoms with van der Waals surface area (Å²) < 4.78 is 0. The molecular formula is C17H12N. The first-order chi connectivity index (χ1) is 8.95. The highest BCUT2D eigenvalue weighted by Crippen LogP contribution is 2.29. The molecule has 1 heterocycles. The molecule has 2 aromatic carbocycles. The summed E-state index contributed by atoms with van der Waals surface area (Å²) >= 11 is 0. The molecule has 1 heteroatoms. The van der Waals surface area contributed by atoms with E-state index in [0.717, 1.165) is 16.8 Å². The van der Waals surface area contributed by atoms with E-state index >= 15 is 0 Å². The lowest BCUT2D eigenvalue weighted by atomic mass is 10.00. The van der Waals surface area contributed by atoms with Crippen LogP contribution in [0.3, 0.4) is 0 Å². The molecule has 0 amide bonds. The van der Waals surface area contributed by atoms with E-state index < -0.39 is 0 Å². The van der Waals surface area contributed by atoms with Crippen LogP contribution in [0.2, 0.25) is 0 Å². The first-order valence-electron chi connectivity index (χ1n) is 5.92. The minimum absolute atomic E-state index is 1.00. The molecule has 1 aromatic heterocycles. The molecule has 1 radical (unpaired) electrons. The number of hydrogen-bond acceptors (Lipinski definition) is 1. The molecule has 18 heavy (non-hydrogen) atoms. The standard InChI is InChI=1S/C17H12N/c1-3-8-14(9-4-1)16-12-7-13-18-17(16)15-10-5-2-6-11-15/h1-5,7-13H. The van der Waals surface area contributed by atoms with Crippen molar-refractivity contribution in [3.8, 4) is 22.4 Å². The van der Waals surface area contributed by atoms with Gasteiger partial charge in [-0.05, 0) is 23.8 Å². The van der Waals surface area contributed by atoms with E-state index in [1.54, 1.807) is 0 Å². The highest BCUT2D eigenvalue weighted by atomic mass is 14.7. The Hall–Kier alpha value is -2.41. The fourth-order valence-corrected chi connectivity index (χ4v) is 2.03. The molecule has 3 aromatic rings. The zero-order chi connectivity index (χ0) is 12.2. The Morgan fingerprint density at radius 1 is 0.778 bits per heavy atom. The van der Waals surface area contributed by atoms with Crippen molar-refractivity contribution in [2.45, 2.75) is 0 Å². The third-order valence-electron chi connectivity index (χ3n) is 2.87. The van der Waals surface area contributed by atoms with E-state index in [-0.39, 0.29) is 0 Å². The molecule has 0 atom stereocenters. The van der Waals surface area contributed by atoms with Crippen molar-refractivity contribution in [1.29, 1.82) is 0 Å². The van der Waals surface area contributed by atoms with Crippen LogP contribution in [-0.2, 0) is 0 Å². The van der Waals surface area contributed by atoms with Crippen molar-refractivity contribution >= 4 is 0 Å². The third kappa shape index (κ3) is 2.03. The molecule has 0 saturated carbocycles. The summed E-state index contributed by atoms with van der Waals surface area (Å²) in [4.78, 5) is 4.51. The molecule has 85 valence electrons. The van der Waals surface area contributed by atoms with E-state index in [0.29, 0.717) is 0 Å². The van der Waals surface area contributed by atoms with Gasteiger partial charge >= 0.3 is 0 Å². The quantitative estimate of drug-likeness (QED) is 0.642. The predicted molar refractivity (Wildman–Crippen MR) is 73.9 cm³/mol. The van der Waals surface area contributed by atoms with Crippen LogP contribution in [-0.4, -0.2) is 4.98 Å². The first-order valence-corrected chi connectivity index (χ1v) is 5.92. The van der Waals surface area contributed by atoms with Gasteiger partial charge in [-0.25, -0.2) is 0 Å². The molecule has 0 unspecified atom stereocenters. The predicted octanol–water partition coefficient (Wildman–Crippen LogP) is 4.22. The van der Waals surface area contributed by atoms with Gasteiger partial charge in [0.2, 0.25) is 0 Å². The van der Waals surface area contributed by atoms with Gasteiger partial charge in [0.1, 0.15) is 0 Å². The zero-order valence-electron chi connectivity index (χ0n) is 9.88. The highest BCUT2D eigenvalue weighted by Gasteiger charge is 2.07. The minimum atomic E-state index is 1.00. The number of pyridine rings is 1. The minimum Gasteiger partial charge on any atom is -0.256 e. The maximum Gasteiger partial charge on any atom is 0.0780 e. The van der Waals surface area contributed by atoms with Crippen LogP contribution in [0.4, 0.5) is 0 Å². The molecule has 0 bridgehead atoms. The molecule has 0 aliphatic rings. The van der Waals surface area contributed by atoms with Crippen LogP contribution in [0.5, 0.6) is 0 Å². The average molecular weight is 230 g/mol. The van der Waals surface area contributed by atoms with E-state index in [9.17, 15) is 0 Å². The van der Waals surface area contributed by atoms with E-state index in [1.165, 1.54) is 5.56 Å². The number of aromatic nitrogens is 1. The SMILES string of the molecule is [c]1cccc(-c2ncccc2-c2ccccc2)c1. The lowest BCUT2D eigenvalue weighted by Crippen LogP contribution is -1.88. The van der Waals surface area contributed by atoms with Crippen molar-refractivity contribution < 1.29 is 0 Å². The number of benzene rings is 2. The Morgan fingerprint density at radius 3 is 2.39 bits per heavy atom. The van der Waals surface area contributed by atoms with Crippen LogP contribution in [0.25, 0.3) is 22.4 Å². The molecular weight excluding hydrogens is 218 g/mol. The smallest absolute Gasteiger partial charge is 0.0780 e. The fourth-order valence-electron chi connectivity index (χ4n) is 2.03. The van der Waals surface area contributed by atoms with E-state index in [1.807, 2.05) is 48.7 Å². The lowest BCUT2D eigenvalue weighted by molar-refractivity contribution is 1.32. The van der Waals surface area contributed by atoms with E-state index in [2.05, 4.69) is 35.3 Å². The molecule has 3 rings (SSSR count). The lowest BCUT2D eigenvalue weighted by Gasteiger charge is -2.08. The van der Waals surface area contributed by atoms with E-state index in [4.69, 9.17) is 0 Å².